The predicted molar refractivity (Wildman–Crippen MR) is 341 cm³/mol. The van der Waals surface area contributed by atoms with E-state index in [9.17, 15) is 9.59 Å². The van der Waals surface area contributed by atoms with Crippen molar-refractivity contribution in [2.75, 3.05) is 28.6 Å². The Labute approximate surface area is 491 Å². The maximum Gasteiger partial charge on any atom is 0.265 e. The number of ether oxygens (including phenoxy) is 2. The van der Waals surface area contributed by atoms with Gasteiger partial charge in [0.1, 0.15) is 17.2 Å². The van der Waals surface area contributed by atoms with Crippen molar-refractivity contribution in [3.05, 3.63) is 142 Å². The fraction of sp³-hybridized carbons (Fsp3) is 0.486. The topological polar surface area (TPSA) is 135 Å². The zero-order chi connectivity index (χ0) is 59.7. The molecule has 0 aliphatic carbocycles. The molecule has 2 N–H and O–H groups in total. The average Bonchev–Trinajstić information content (AvgIpc) is 4.24. The fourth-order valence-electron chi connectivity index (χ4n) is 10.3. The quantitative estimate of drug-likeness (QED) is 0.0524. The molecule has 82 heavy (non-hydrogen) atoms. The second-order valence-electron chi connectivity index (χ2n) is 24.7. The number of hydrogen-bond donors (Lipinski definition) is 2. The lowest BCUT2D eigenvalue weighted by Gasteiger charge is -2.31. The van der Waals surface area contributed by atoms with E-state index in [1.807, 2.05) is 44.2 Å². The van der Waals surface area contributed by atoms with Crippen LogP contribution >= 0.6 is 0 Å². The van der Waals surface area contributed by atoms with Crippen molar-refractivity contribution in [3.8, 4) is 22.9 Å². The Morgan fingerprint density at radius 1 is 0.573 bits per heavy atom. The van der Waals surface area contributed by atoms with Crippen LogP contribution in [0, 0.1) is 0 Å². The monoisotopic (exact) mass is 1110 g/mol. The second-order valence-corrected chi connectivity index (χ2v) is 24.7. The SMILES string of the molecule is CCC1=Nn2c(nnc2-c2cc(NC(=O)C(CC)Oc3ccc(C(C)(C)CC)cc3C(C)(C)CC)cc(NC(=O)C(CC)Oc3ccc(C(C)(C)CC)cc3C(C)(C)CC)c2)C1=Nc1ccc(N(CC)CC)cc1CCc1ccccc1. The van der Waals surface area contributed by atoms with Crippen molar-refractivity contribution >= 4 is 46.0 Å². The van der Waals surface area contributed by atoms with E-state index in [-0.39, 0.29) is 33.5 Å². The summed E-state index contributed by atoms with van der Waals surface area (Å²) in [7, 11) is 0. The van der Waals surface area contributed by atoms with Gasteiger partial charge in [0.2, 0.25) is 5.82 Å². The molecule has 0 bridgehead atoms. The normalized spacial score (nSPS) is 14.1. The Morgan fingerprint density at radius 3 is 1.54 bits per heavy atom. The van der Waals surface area contributed by atoms with E-state index in [1.165, 1.54) is 16.7 Å². The maximum atomic E-state index is 14.7. The number of rotatable bonds is 27. The second kappa shape index (κ2) is 26.4. The molecule has 12 nitrogen and oxygen atoms in total. The first kappa shape index (κ1) is 62.5. The Hall–Kier alpha value is -7.08. The summed E-state index contributed by atoms with van der Waals surface area (Å²) in [6.07, 6.45) is 5.15. The molecule has 1 aliphatic rings. The number of nitrogens with zero attached hydrogens (tertiary/aromatic N) is 6. The molecule has 0 radical (unpaired) electrons. The fourth-order valence-corrected chi connectivity index (χ4v) is 10.3. The zero-order valence-electron chi connectivity index (χ0n) is 52.6. The summed E-state index contributed by atoms with van der Waals surface area (Å²) in [5.41, 5.74) is 11.4. The van der Waals surface area contributed by atoms with Crippen molar-refractivity contribution in [3.63, 3.8) is 0 Å². The highest BCUT2D eigenvalue weighted by molar-refractivity contribution is 6.49. The Morgan fingerprint density at radius 2 is 1.07 bits per heavy atom. The molecule has 0 saturated heterocycles. The van der Waals surface area contributed by atoms with E-state index in [1.54, 1.807) is 10.7 Å². The highest BCUT2D eigenvalue weighted by Gasteiger charge is 2.33. The van der Waals surface area contributed by atoms with Crippen LogP contribution in [0.15, 0.2) is 113 Å². The van der Waals surface area contributed by atoms with Crippen LogP contribution in [0.1, 0.15) is 202 Å². The highest BCUT2D eigenvalue weighted by Crippen LogP contribution is 2.42. The van der Waals surface area contributed by atoms with Crippen molar-refractivity contribution in [1.29, 1.82) is 0 Å². The van der Waals surface area contributed by atoms with E-state index in [4.69, 9.17) is 29.8 Å². The summed E-state index contributed by atoms with van der Waals surface area (Å²) in [6, 6.07) is 35.4. The minimum absolute atomic E-state index is 0.0295. The van der Waals surface area contributed by atoms with Crippen LogP contribution < -0.4 is 25.0 Å². The first-order valence-electron chi connectivity index (χ1n) is 30.4. The van der Waals surface area contributed by atoms with Gasteiger partial charge in [-0.15, -0.1) is 10.2 Å². The molecular weight excluding hydrogens is 1020 g/mol. The summed E-state index contributed by atoms with van der Waals surface area (Å²) in [4.78, 5) is 37.1. The first-order chi connectivity index (χ1) is 39.0. The zero-order valence-corrected chi connectivity index (χ0v) is 52.6. The Balaban J connectivity index is 1.29. The molecule has 12 heteroatoms. The molecule has 2 amide bonds. The molecule has 2 unspecified atom stereocenters. The third kappa shape index (κ3) is 14.0. The van der Waals surface area contributed by atoms with Gasteiger partial charge in [-0.1, -0.05) is 158 Å². The summed E-state index contributed by atoms with van der Waals surface area (Å²) in [5.74, 6) is 1.66. The van der Waals surface area contributed by atoms with Gasteiger partial charge in [-0.25, -0.2) is 4.99 Å². The number of amides is 2. The number of fused-ring (bicyclic) bond motifs is 1. The molecule has 0 saturated carbocycles. The summed E-state index contributed by atoms with van der Waals surface area (Å²) in [5, 5.41) is 21.0. The Kier molecular flexibility index (Phi) is 20.2. The molecule has 5 aromatic carbocycles. The molecule has 1 aliphatic heterocycles. The van der Waals surface area contributed by atoms with Gasteiger partial charge in [-0.2, -0.15) is 9.78 Å². The lowest BCUT2D eigenvalue weighted by Crippen LogP contribution is -2.34. The number of carbonyl (C=O) groups excluding carboxylic acids is 2. The molecule has 7 rings (SSSR count). The molecule has 438 valence electrons. The van der Waals surface area contributed by atoms with Gasteiger partial charge in [0.25, 0.3) is 11.8 Å². The van der Waals surface area contributed by atoms with Gasteiger partial charge in [0, 0.05) is 46.8 Å². The Bertz CT molecular complexity index is 3130. The summed E-state index contributed by atoms with van der Waals surface area (Å²) >= 11 is 0. The average molecular weight is 1110 g/mol. The predicted octanol–water partition coefficient (Wildman–Crippen LogP) is 16.7. The number of aromatic nitrogens is 3. The number of aryl methyl sites for hydroxylation is 2. The standard InChI is InChI=1S/C70H94N8O4/c1-18-56-62(73-57-37-36-53(77(25-8)26-9)42-47(57)33-32-46-30-28-27-29-31-46)64-75-74-63(78(64)76-56)48-40-51(71-65(79)58(19-2)81-60-38-34-49(67(10,11)21-4)43-54(60)69(14,15)23-6)45-52(41-48)72-66(80)59(20-3)82-61-39-35-50(68(12,13)22-5)44-55(61)70(16,17)24-7/h27-31,34-45,58-59H,18-26,32-33H2,1-17H3,(H,71,79)(H,72,80). The number of carbonyl (C=O) groups is 2. The molecular formula is C70H94N8O4. The molecule has 1 aromatic heterocycles. The van der Waals surface area contributed by atoms with Crippen LogP contribution in [0.3, 0.4) is 0 Å². The highest BCUT2D eigenvalue weighted by atomic mass is 16.5. The number of aliphatic imine (C=N–C) groups is 1. The molecule has 2 atom stereocenters. The van der Waals surface area contributed by atoms with E-state index < -0.39 is 12.2 Å². The minimum atomic E-state index is -0.835. The third-order valence-electron chi connectivity index (χ3n) is 17.7. The minimum Gasteiger partial charge on any atom is -0.480 e. The van der Waals surface area contributed by atoms with Gasteiger partial charge >= 0.3 is 0 Å². The van der Waals surface area contributed by atoms with Crippen LogP contribution in [-0.4, -0.2) is 63.4 Å². The van der Waals surface area contributed by atoms with Gasteiger partial charge in [-0.3, -0.25) is 9.59 Å². The van der Waals surface area contributed by atoms with Crippen molar-refractivity contribution in [2.45, 2.75) is 209 Å². The number of nitrogens with one attached hydrogen (secondary N) is 2. The molecule has 0 fully saturated rings. The lowest BCUT2D eigenvalue weighted by atomic mass is 9.76. The van der Waals surface area contributed by atoms with Crippen LogP contribution in [-0.2, 0) is 44.1 Å². The number of hydrogen-bond acceptors (Lipinski definition) is 9. The van der Waals surface area contributed by atoms with E-state index in [0.29, 0.717) is 65.1 Å². The van der Waals surface area contributed by atoms with E-state index in [0.717, 1.165) is 85.4 Å². The van der Waals surface area contributed by atoms with Crippen molar-refractivity contribution < 1.29 is 19.1 Å². The smallest absolute Gasteiger partial charge is 0.265 e. The van der Waals surface area contributed by atoms with Crippen LogP contribution in [0.2, 0.25) is 0 Å². The molecule has 6 aromatic rings. The van der Waals surface area contributed by atoms with Gasteiger partial charge in [0.15, 0.2) is 18.0 Å². The number of benzene rings is 5. The lowest BCUT2D eigenvalue weighted by molar-refractivity contribution is -0.123. The number of anilines is 3. The van der Waals surface area contributed by atoms with E-state index >= 15 is 0 Å². The van der Waals surface area contributed by atoms with Gasteiger partial charge < -0.3 is 25.0 Å². The van der Waals surface area contributed by atoms with Crippen LogP contribution in [0.4, 0.5) is 22.7 Å². The summed E-state index contributed by atoms with van der Waals surface area (Å²) in [6.45, 7) is 38.8. The van der Waals surface area contributed by atoms with Crippen molar-refractivity contribution in [1.82, 2.24) is 14.9 Å². The van der Waals surface area contributed by atoms with Crippen molar-refractivity contribution in [2.24, 2.45) is 10.1 Å². The molecule has 2 heterocycles. The van der Waals surface area contributed by atoms with Gasteiger partial charge in [0.05, 0.1) is 11.4 Å². The molecule has 0 spiro atoms. The largest absolute Gasteiger partial charge is 0.480 e. The third-order valence-corrected chi connectivity index (χ3v) is 17.7. The summed E-state index contributed by atoms with van der Waals surface area (Å²) < 4.78 is 15.2. The van der Waals surface area contributed by atoms with E-state index in [2.05, 4.69) is 186 Å². The maximum absolute atomic E-state index is 14.7. The van der Waals surface area contributed by atoms with Crippen LogP contribution in [0.5, 0.6) is 11.5 Å². The first-order valence-corrected chi connectivity index (χ1v) is 30.4. The van der Waals surface area contributed by atoms with Gasteiger partial charge in [-0.05, 0) is 164 Å². The van der Waals surface area contributed by atoms with Crippen LogP contribution in [0.25, 0.3) is 11.4 Å².